The fraction of sp³-hybridized carbons (Fsp3) is 0.353. The molecule has 1 heterocycles. The number of aromatic hydroxyl groups is 1. The van der Waals surface area contributed by atoms with Crippen molar-refractivity contribution in [2.45, 2.75) is 26.7 Å². The summed E-state index contributed by atoms with van der Waals surface area (Å²) in [7, 11) is 0. The van der Waals surface area contributed by atoms with Crippen molar-refractivity contribution in [2.24, 2.45) is 5.41 Å². The van der Waals surface area contributed by atoms with E-state index >= 15 is 0 Å². The van der Waals surface area contributed by atoms with Gasteiger partial charge in [-0.15, -0.1) is 0 Å². The van der Waals surface area contributed by atoms with E-state index in [1.165, 1.54) is 0 Å². The number of carbonyl (C=O) groups excluding carboxylic acids is 1. The van der Waals surface area contributed by atoms with E-state index in [0.717, 1.165) is 29.3 Å². The predicted octanol–water partition coefficient (Wildman–Crippen LogP) is 3.20. The van der Waals surface area contributed by atoms with Crippen molar-refractivity contribution in [1.29, 1.82) is 0 Å². The first-order valence-corrected chi connectivity index (χ1v) is 7.33. The molecule has 2 aromatic rings. The lowest BCUT2D eigenvalue weighted by Crippen LogP contribution is -2.33. The normalized spacial score (nSPS) is 21.8. The number of hydrazine groups is 1. The van der Waals surface area contributed by atoms with Crippen LogP contribution in [-0.2, 0) is 4.79 Å². The second kappa shape index (κ2) is 4.95. The highest BCUT2D eigenvalue weighted by Gasteiger charge is 2.41. The van der Waals surface area contributed by atoms with Crippen molar-refractivity contribution in [1.82, 2.24) is 5.43 Å². The first kappa shape index (κ1) is 13.7. The molecular formula is C17H20N2O2. The summed E-state index contributed by atoms with van der Waals surface area (Å²) >= 11 is 0. The van der Waals surface area contributed by atoms with Crippen molar-refractivity contribution in [2.75, 3.05) is 11.6 Å². The Balaban J connectivity index is 1.93. The van der Waals surface area contributed by atoms with Crippen LogP contribution in [0.2, 0.25) is 0 Å². The van der Waals surface area contributed by atoms with Gasteiger partial charge in [-0.25, -0.2) is 0 Å². The average molecular weight is 284 g/mol. The number of phenolic OH excluding ortho intramolecular Hbond substituents is 1. The molecule has 4 nitrogen and oxygen atoms in total. The zero-order valence-corrected chi connectivity index (χ0v) is 12.4. The zero-order valence-electron chi connectivity index (χ0n) is 12.4. The number of anilines is 1. The van der Waals surface area contributed by atoms with Crippen LogP contribution in [0.15, 0.2) is 36.4 Å². The fourth-order valence-electron chi connectivity index (χ4n) is 3.01. The lowest BCUT2D eigenvalue weighted by molar-refractivity contribution is -0.126. The third-order valence-corrected chi connectivity index (χ3v) is 4.21. The standard InChI is InChI=1S/C17H20N2O2/c1-3-8-17(2)11-19(18-16(17)21)14-6-4-12-5-7-15(20)10-13(12)9-14/h4-7,9-10,20H,3,8,11H2,1-2H3,(H,18,21). The maximum absolute atomic E-state index is 12.2. The van der Waals surface area contributed by atoms with Gasteiger partial charge in [-0.3, -0.25) is 15.2 Å². The summed E-state index contributed by atoms with van der Waals surface area (Å²) < 4.78 is 0. The van der Waals surface area contributed by atoms with Gasteiger partial charge in [-0.1, -0.05) is 25.5 Å². The molecule has 1 atom stereocenters. The number of nitrogens with one attached hydrogen (secondary N) is 1. The Kier molecular flexibility index (Phi) is 3.24. The van der Waals surface area contributed by atoms with Gasteiger partial charge < -0.3 is 5.11 Å². The first-order chi connectivity index (χ1) is 10.0. The van der Waals surface area contributed by atoms with E-state index in [4.69, 9.17) is 0 Å². The molecule has 110 valence electrons. The molecular weight excluding hydrogens is 264 g/mol. The van der Waals surface area contributed by atoms with Gasteiger partial charge in [0, 0.05) is 0 Å². The number of fused-ring (bicyclic) bond motifs is 1. The molecule has 0 spiro atoms. The monoisotopic (exact) mass is 284 g/mol. The summed E-state index contributed by atoms with van der Waals surface area (Å²) in [4.78, 5) is 12.2. The van der Waals surface area contributed by atoms with E-state index in [9.17, 15) is 9.90 Å². The molecule has 0 aliphatic carbocycles. The molecule has 1 unspecified atom stereocenters. The van der Waals surface area contributed by atoms with Crippen molar-refractivity contribution in [3.8, 4) is 5.75 Å². The van der Waals surface area contributed by atoms with Gasteiger partial charge in [-0.05, 0) is 48.4 Å². The maximum Gasteiger partial charge on any atom is 0.246 e. The SMILES string of the molecule is CCCC1(C)CN(c2ccc3ccc(O)cc3c2)NC1=O. The number of nitrogens with zero attached hydrogens (tertiary/aromatic N) is 1. The smallest absolute Gasteiger partial charge is 0.246 e. The fourth-order valence-corrected chi connectivity index (χ4v) is 3.01. The van der Waals surface area contributed by atoms with E-state index in [1.807, 2.05) is 36.2 Å². The van der Waals surface area contributed by atoms with Crippen LogP contribution >= 0.6 is 0 Å². The molecule has 2 N–H and O–H groups in total. The molecule has 1 fully saturated rings. The highest BCUT2D eigenvalue weighted by molar-refractivity contribution is 5.90. The lowest BCUT2D eigenvalue weighted by atomic mass is 9.86. The minimum atomic E-state index is -0.331. The molecule has 0 aromatic heterocycles. The molecule has 1 aliphatic heterocycles. The summed E-state index contributed by atoms with van der Waals surface area (Å²) in [6.45, 7) is 4.78. The third kappa shape index (κ3) is 2.42. The van der Waals surface area contributed by atoms with Crippen molar-refractivity contribution < 1.29 is 9.90 Å². The first-order valence-electron chi connectivity index (χ1n) is 7.33. The Morgan fingerprint density at radius 3 is 2.76 bits per heavy atom. The van der Waals surface area contributed by atoms with E-state index in [-0.39, 0.29) is 17.1 Å². The van der Waals surface area contributed by atoms with Gasteiger partial charge in [0.2, 0.25) is 5.91 Å². The van der Waals surface area contributed by atoms with Crippen LogP contribution in [0.4, 0.5) is 5.69 Å². The second-order valence-electron chi connectivity index (χ2n) is 6.05. The van der Waals surface area contributed by atoms with Gasteiger partial charge in [0.25, 0.3) is 0 Å². The molecule has 0 radical (unpaired) electrons. The van der Waals surface area contributed by atoms with Crippen molar-refractivity contribution in [3.05, 3.63) is 36.4 Å². The highest BCUT2D eigenvalue weighted by Crippen LogP contribution is 2.33. The largest absolute Gasteiger partial charge is 0.508 e. The summed E-state index contributed by atoms with van der Waals surface area (Å²) in [5.41, 5.74) is 3.57. The number of phenols is 1. The Hall–Kier alpha value is -2.23. The molecule has 1 aliphatic rings. The number of carbonyl (C=O) groups is 1. The molecule has 3 rings (SSSR count). The van der Waals surface area contributed by atoms with Crippen LogP contribution in [0.5, 0.6) is 5.75 Å². The maximum atomic E-state index is 12.2. The van der Waals surface area contributed by atoms with Gasteiger partial charge >= 0.3 is 0 Å². The predicted molar refractivity (Wildman–Crippen MR) is 84.1 cm³/mol. The van der Waals surface area contributed by atoms with E-state index in [2.05, 4.69) is 12.3 Å². The number of hydrogen-bond donors (Lipinski definition) is 2. The van der Waals surface area contributed by atoms with Gasteiger partial charge in [0.15, 0.2) is 0 Å². The van der Waals surface area contributed by atoms with Crippen LogP contribution in [-0.4, -0.2) is 17.6 Å². The minimum Gasteiger partial charge on any atom is -0.508 e. The van der Waals surface area contributed by atoms with Crippen LogP contribution in [0.25, 0.3) is 10.8 Å². The Labute approximate surface area is 124 Å². The quantitative estimate of drug-likeness (QED) is 0.910. The minimum absolute atomic E-state index is 0.0837. The molecule has 2 aromatic carbocycles. The molecule has 0 bridgehead atoms. The van der Waals surface area contributed by atoms with Gasteiger partial charge in [0.1, 0.15) is 5.75 Å². The Morgan fingerprint density at radius 2 is 2.00 bits per heavy atom. The number of benzene rings is 2. The van der Waals surface area contributed by atoms with Crippen molar-refractivity contribution in [3.63, 3.8) is 0 Å². The molecule has 0 saturated carbocycles. The third-order valence-electron chi connectivity index (χ3n) is 4.21. The molecule has 1 saturated heterocycles. The summed E-state index contributed by atoms with van der Waals surface area (Å²) in [6.07, 6.45) is 1.87. The average Bonchev–Trinajstić information content (AvgIpc) is 2.74. The van der Waals surface area contributed by atoms with E-state index in [1.54, 1.807) is 12.1 Å². The number of rotatable bonds is 3. The Bertz CT molecular complexity index is 698. The van der Waals surface area contributed by atoms with Crippen LogP contribution in [0.1, 0.15) is 26.7 Å². The van der Waals surface area contributed by atoms with E-state index in [0.29, 0.717) is 6.54 Å². The number of hydrogen-bond acceptors (Lipinski definition) is 3. The van der Waals surface area contributed by atoms with Crippen molar-refractivity contribution >= 4 is 22.4 Å². The second-order valence-corrected chi connectivity index (χ2v) is 6.05. The van der Waals surface area contributed by atoms with Crippen LogP contribution in [0, 0.1) is 5.41 Å². The van der Waals surface area contributed by atoms with Crippen LogP contribution < -0.4 is 10.4 Å². The molecule has 21 heavy (non-hydrogen) atoms. The summed E-state index contributed by atoms with van der Waals surface area (Å²) in [5.74, 6) is 0.335. The zero-order chi connectivity index (χ0) is 15.0. The van der Waals surface area contributed by atoms with Gasteiger partial charge in [0.05, 0.1) is 17.6 Å². The highest BCUT2D eigenvalue weighted by atomic mass is 16.3. The van der Waals surface area contributed by atoms with Crippen LogP contribution in [0.3, 0.4) is 0 Å². The molecule has 4 heteroatoms. The molecule has 1 amide bonds. The lowest BCUT2D eigenvalue weighted by Gasteiger charge is -2.21. The topological polar surface area (TPSA) is 52.6 Å². The van der Waals surface area contributed by atoms with E-state index < -0.39 is 0 Å². The summed E-state index contributed by atoms with van der Waals surface area (Å²) in [5, 5.41) is 13.5. The Morgan fingerprint density at radius 1 is 1.24 bits per heavy atom. The number of amides is 1. The summed E-state index contributed by atoms with van der Waals surface area (Å²) in [6, 6.07) is 11.3. The van der Waals surface area contributed by atoms with Gasteiger partial charge in [-0.2, -0.15) is 0 Å².